The van der Waals surface area contributed by atoms with Crippen molar-refractivity contribution in [2.24, 2.45) is 5.84 Å². The summed E-state index contributed by atoms with van der Waals surface area (Å²) in [4.78, 5) is 16.8. The summed E-state index contributed by atoms with van der Waals surface area (Å²) in [7, 11) is 0. The van der Waals surface area contributed by atoms with Gasteiger partial charge in [-0.3, -0.25) is 9.69 Å². The van der Waals surface area contributed by atoms with Gasteiger partial charge in [-0.1, -0.05) is 6.42 Å². The topological polar surface area (TPSA) is 87.4 Å². The monoisotopic (exact) mass is 290 g/mol. The molecule has 2 aliphatic heterocycles. The van der Waals surface area contributed by atoms with Crippen LogP contribution in [0.1, 0.15) is 36.2 Å². The molecule has 2 fully saturated rings. The van der Waals surface area contributed by atoms with Crippen molar-refractivity contribution in [2.75, 3.05) is 31.6 Å². The van der Waals surface area contributed by atoms with Crippen molar-refractivity contribution in [3.63, 3.8) is 0 Å². The molecule has 7 nitrogen and oxygen atoms in total. The molecule has 1 atom stereocenters. The molecule has 0 aliphatic carbocycles. The van der Waals surface area contributed by atoms with Crippen molar-refractivity contribution in [3.05, 3.63) is 17.8 Å². The fourth-order valence-electron chi connectivity index (χ4n) is 3.19. The normalized spacial score (nSPS) is 23.3. The number of nitrogen functional groups attached to an aromatic ring is 1. The number of anilines is 1. The van der Waals surface area contributed by atoms with E-state index in [0.29, 0.717) is 17.6 Å². The molecule has 0 saturated carbocycles. The predicted octanol–water partition coefficient (Wildman–Crippen LogP) is 0.463. The Kier molecular flexibility index (Phi) is 4.31. The number of carbonyl (C=O) groups excluding carboxylic acids is 1. The number of piperidine rings is 1. The van der Waals surface area contributed by atoms with Gasteiger partial charge >= 0.3 is 0 Å². The van der Waals surface area contributed by atoms with Crippen molar-refractivity contribution < 1.29 is 4.79 Å². The summed E-state index contributed by atoms with van der Waals surface area (Å²) in [6, 6.07) is 3.84. The molecule has 2 aliphatic rings. The lowest BCUT2D eigenvalue weighted by Crippen LogP contribution is -2.41. The van der Waals surface area contributed by atoms with Crippen LogP contribution in [0.15, 0.2) is 12.1 Å². The molecule has 0 radical (unpaired) electrons. The van der Waals surface area contributed by atoms with Gasteiger partial charge in [-0.25, -0.2) is 5.84 Å². The van der Waals surface area contributed by atoms with Crippen molar-refractivity contribution >= 4 is 11.7 Å². The van der Waals surface area contributed by atoms with Crippen LogP contribution in [0, 0.1) is 0 Å². The third kappa shape index (κ3) is 3.14. The van der Waals surface area contributed by atoms with Gasteiger partial charge in [0.15, 0.2) is 11.5 Å². The van der Waals surface area contributed by atoms with Crippen LogP contribution in [0.3, 0.4) is 0 Å². The van der Waals surface area contributed by atoms with Gasteiger partial charge < -0.3 is 10.3 Å². The van der Waals surface area contributed by atoms with Gasteiger partial charge in [0.1, 0.15) is 0 Å². The number of hydrazine groups is 1. The molecule has 0 aromatic carbocycles. The second-order valence-electron chi connectivity index (χ2n) is 5.74. The Morgan fingerprint density at radius 2 is 2.00 bits per heavy atom. The minimum Gasteiger partial charge on any atom is -0.336 e. The van der Waals surface area contributed by atoms with Gasteiger partial charge in [-0.2, -0.15) is 0 Å². The Bertz CT molecular complexity index is 485. The Balaban J connectivity index is 1.60. The van der Waals surface area contributed by atoms with E-state index in [1.807, 2.05) is 4.90 Å². The number of carbonyl (C=O) groups is 1. The third-order valence-electron chi connectivity index (χ3n) is 4.39. The number of amides is 1. The first-order valence-corrected chi connectivity index (χ1v) is 7.61. The number of rotatable bonds is 3. The zero-order valence-corrected chi connectivity index (χ0v) is 12.2. The highest BCUT2D eigenvalue weighted by Gasteiger charge is 2.31. The summed E-state index contributed by atoms with van der Waals surface area (Å²) in [6.07, 6.45) is 4.96. The Hall–Kier alpha value is -1.73. The van der Waals surface area contributed by atoms with Crippen molar-refractivity contribution in [3.8, 4) is 0 Å². The highest BCUT2D eigenvalue weighted by Crippen LogP contribution is 2.21. The van der Waals surface area contributed by atoms with E-state index in [1.54, 1.807) is 12.1 Å². The molecule has 114 valence electrons. The first-order valence-electron chi connectivity index (χ1n) is 7.61. The fourth-order valence-corrected chi connectivity index (χ4v) is 3.19. The molecular formula is C14H22N6O. The predicted molar refractivity (Wildman–Crippen MR) is 79.6 cm³/mol. The molecule has 2 saturated heterocycles. The summed E-state index contributed by atoms with van der Waals surface area (Å²) < 4.78 is 0. The standard InChI is InChI=1S/C14H22N6O/c15-16-13-5-4-12(17-18-13)14(21)20-9-6-11(10-20)19-7-2-1-3-8-19/h4-5,11H,1-3,6-10,15H2,(H,16,18). The summed E-state index contributed by atoms with van der Waals surface area (Å²) in [5.41, 5.74) is 2.79. The summed E-state index contributed by atoms with van der Waals surface area (Å²) >= 11 is 0. The van der Waals surface area contributed by atoms with Crippen molar-refractivity contribution in [2.45, 2.75) is 31.7 Å². The van der Waals surface area contributed by atoms with Crippen LogP contribution < -0.4 is 11.3 Å². The smallest absolute Gasteiger partial charge is 0.274 e. The maximum absolute atomic E-state index is 12.4. The van der Waals surface area contributed by atoms with E-state index >= 15 is 0 Å². The lowest BCUT2D eigenvalue weighted by Gasteiger charge is -2.32. The second-order valence-corrected chi connectivity index (χ2v) is 5.74. The van der Waals surface area contributed by atoms with E-state index in [0.717, 1.165) is 19.5 Å². The lowest BCUT2D eigenvalue weighted by molar-refractivity contribution is 0.0764. The summed E-state index contributed by atoms with van der Waals surface area (Å²) in [5.74, 6) is 5.67. The molecule has 1 unspecified atom stereocenters. The zero-order chi connectivity index (χ0) is 14.7. The zero-order valence-electron chi connectivity index (χ0n) is 12.2. The van der Waals surface area contributed by atoms with Gasteiger partial charge in [-0.05, 0) is 44.5 Å². The molecule has 0 spiro atoms. The maximum atomic E-state index is 12.4. The van der Waals surface area contributed by atoms with Crippen LogP contribution in [0.4, 0.5) is 5.82 Å². The molecule has 21 heavy (non-hydrogen) atoms. The van der Waals surface area contributed by atoms with Gasteiger partial charge in [0, 0.05) is 19.1 Å². The molecule has 1 aromatic heterocycles. The number of hydrogen-bond donors (Lipinski definition) is 2. The molecule has 3 N–H and O–H groups in total. The number of hydrogen-bond acceptors (Lipinski definition) is 6. The number of aromatic nitrogens is 2. The molecule has 7 heteroatoms. The van der Waals surface area contributed by atoms with E-state index in [2.05, 4.69) is 20.5 Å². The maximum Gasteiger partial charge on any atom is 0.274 e. The average Bonchev–Trinajstić information content (AvgIpc) is 3.05. The van der Waals surface area contributed by atoms with E-state index in [4.69, 9.17) is 5.84 Å². The third-order valence-corrected chi connectivity index (χ3v) is 4.39. The van der Waals surface area contributed by atoms with Crippen LogP contribution in [0.25, 0.3) is 0 Å². The van der Waals surface area contributed by atoms with Crippen LogP contribution in [-0.2, 0) is 0 Å². The van der Waals surface area contributed by atoms with Gasteiger partial charge in [-0.15, -0.1) is 10.2 Å². The van der Waals surface area contributed by atoms with Crippen LogP contribution >= 0.6 is 0 Å². The fraction of sp³-hybridized carbons (Fsp3) is 0.643. The average molecular weight is 290 g/mol. The van der Waals surface area contributed by atoms with Crippen molar-refractivity contribution in [1.29, 1.82) is 0 Å². The number of nitrogens with two attached hydrogens (primary N) is 1. The molecular weight excluding hydrogens is 268 g/mol. The van der Waals surface area contributed by atoms with Gasteiger partial charge in [0.05, 0.1) is 0 Å². The second kappa shape index (κ2) is 6.36. The summed E-state index contributed by atoms with van der Waals surface area (Å²) in [5, 5.41) is 7.79. The van der Waals surface area contributed by atoms with E-state index in [-0.39, 0.29) is 5.91 Å². The largest absolute Gasteiger partial charge is 0.336 e. The molecule has 1 aromatic rings. The van der Waals surface area contributed by atoms with Gasteiger partial charge in [0.2, 0.25) is 0 Å². The minimum absolute atomic E-state index is 0.0365. The Labute approximate surface area is 124 Å². The molecule has 3 heterocycles. The first kappa shape index (κ1) is 14.2. The Morgan fingerprint density at radius 1 is 1.19 bits per heavy atom. The lowest BCUT2D eigenvalue weighted by atomic mass is 10.1. The highest BCUT2D eigenvalue weighted by molar-refractivity contribution is 5.92. The molecule has 0 bridgehead atoms. The van der Waals surface area contributed by atoms with Crippen LogP contribution in [-0.4, -0.2) is 58.1 Å². The quantitative estimate of drug-likeness (QED) is 0.621. The first-order chi connectivity index (χ1) is 10.3. The number of nitrogens with one attached hydrogen (secondary N) is 1. The number of likely N-dealkylation sites (tertiary alicyclic amines) is 2. The Morgan fingerprint density at radius 3 is 2.67 bits per heavy atom. The van der Waals surface area contributed by atoms with E-state index in [1.165, 1.54) is 32.4 Å². The van der Waals surface area contributed by atoms with Crippen molar-refractivity contribution in [1.82, 2.24) is 20.0 Å². The SMILES string of the molecule is NNc1ccc(C(=O)N2CCC(N3CCCCC3)C2)nn1. The minimum atomic E-state index is -0.0365. The molecule has 3 rings (SSSR count). The van der Waals surface area contributed by atoms with Crippen LogP contribution in [0.2, 0.25) is 0 Å². The summed E-state index contributed by atoms with van der Waals surface area (Å²) in [6.45, 7) is 3.95. The van der Waals surface area contributed by atoms with E-state index in [9.17, 15) is 4.79 Å². The number of nitrogens with zero attached hydrogens (tertiary/aromatic N) is 4. The van der Waals surface area contributed by atoms with E-state index < -0.39 is 0 Å². The van der Waals surface area contributed by atoms with Gasteiger partial charge in [0.25, 0.3) is 5.91 Å². The highest BCUT2D eigenvalue weighted by atomic mass is 16.2. The van der Waals surface area contributed by atoms with Crippen LogP contribution in [0.5, 0.6) is 0 Å². The molecule has 1 amide bonds.